The van der Waals surface area contributed by atoms with Crippen molar-refractivity contribution in [3.05, 3.63) is 39.1 Å². The number of likely N-dealkylation sites (tertiary alicyclic amines) is 1. The van der Waals surface area contributed by atoms with E-state index in [-0.39, 0.29) is 46.5 Å². The number of aromatic nitrogens is 1. The lowest BCUT2D eigenvalue weighted by atomic mass is 9.97. The van der Waals surface area contributed by atoms with Crippen molar-refractivity contribution in [1.29, 1.82) is 0 Å². The quantitative estimate of drug-likeness (QED) is 0.642. The van der Waals surface area contributed by atoms with Gasteiger partial charge in [-0.25, -0.2) is 9.37 Å². The third-order valence-electron chi connectivity index (χ3n) is 6.24. The van der Waals surface area contributed by atoms with Crippen molar-refractivity contribution in [3.63, 3.8) is 0 Å². The van der Waals surface area contributed by atoms with Gasteiger partial charge in [0.25, 0.3) is 0 Å². The number of nitrogens with one attached hydrogen (secondary N) is 2. The first-order chi connectivity index (χ1) is 15.8. The predicted molar refractivity (Wildman–Crippen MR) is 127 cm³/mol. The number of piperidine rings is 1. The number of amides is 2. The van der Waals surface area contributed by atoms with Crippen LogP contribution in [0.3, 0.4) is 0 Å². The van der Waals surface area contributed by atoms with Crippen LogP contribution in [0.1, 0.15) is 35.4 Å². The van der Waals surface area contributed by atoms with Gasteiger partial charge in [-0.1, -0.05) is 11.6 Å². The molecular weight excluding hydrogens is 467 g/mol. The van der Waals surface area contributed by atoms with Gasteiger partial charge in [-0.15, -0.1) is 11.3 Å². The third kappa shape index (κ3) is 5.65. The Morgan fingerprint density at radius 1 is 1.36 bits per heavy atom. The van der Waals surface area contributed by atoms with Crippen molar-refractivity contribution in [1.82, 2.24) is 15.2 Å². The van der Waals surface area contributed by atoms with Gasteiger partial charge in [-0.2, -0.15) is 0 Å². The SMILES string of the molecule is COc1ccc(Cl)c(CC(=O)NC2CCc3nc(NC(=O)C4CCCN(C)C4)sc3C2)c1F. The minimum absolute atomic E-state index is 0.0134. The minimum Gasteiger partial charge on any atom is -0.494 e. The summed E-state index contributed by atoms with van der Waals surface area (Å²) in [5.41, 5.74) is 1.10. The summed E-state index contributed by atoms with van der Waals surface area (Å²) < 4.78 is 19.5. The molecule has 0 bridgehead atoms. The summed E-state index contributed by atoms with van der Waals surface area (Å²) in [6.07, 6.45) is 3.84. The van der Waals surface area contributed by atoms with Crippen LogP contribution in [-0.4, -0.2) is 55.0 Å². The Labute approximate surface area is 201 Å². The second-order valence-corrected chi connectivity index (χ2v) is 10.2. The second-order valence-electron chi connectivity index (χ2n) is 8.71. The number of methoxy groups -OCH3 is 1. The standard InChI is InChI=1S/C23H28ClFN4O3S/c1-29-9-3-4-13(12-29)22(31)28-23-27-17-7-5-14(10-19(17)33-23)26-20(30)11-15-16(24)6-8-18(32-2)21(15)25/h6,8,13-14H,3-5,7,9-12H2,1-2H3,(H,26,30)(H,27,28,31). The molecule has 1 aromatic heterocycles. The van der Waals surface area contributed by atoms with Gasteiger partial charge >= 0.3 is 0 Å². The van der Waals surface area contributed by atoms with E-state index in [1.165, 1.54) is 30.6 Å². The zero-order chi connectivity index (χ0) is 23.5. The van der Waals surface area contributed by atoms with E-state index in [9.17, 15) is 14.0 Å². The summed E-state index contributed by atoms with van der Waals surface area (Å²) in [6, 6.07) is 2.89. The average molecular weight is 495 g/mol. The highest BCUT2D eigenvalue weighted by Gasteiger charge is 2.28. The first kappa shape index (κ1) is 23.9. The van der Waals surface area contributed by atoms with Crippen molar-refractivity contribution >= 4 is 39.9 Å². The fourth-order valence-electron chi connectivity index (χ4n) is 4.47. The molecule has 7 nitrogen and oxygen atoms in total. The van der Waals surface area contributed by atoms with Crippen LogP contribution in [0, 0.1) is 11.7 Å². The molecule has 178 valence electrons. The lowest BCUT2D eigenvalue weighted by molar-refractivity contribution is -0.122. The van der Waals surface area contributed by atoms with Crippen LogP contribution in [-0.2, 0) is 28.9 Å². The topological polar surface area (TPSA) is 83.6 Å². The number of hydrogen-bond acceptors (Lipinski definition) is 6. The smallest absolute Gasteiger partial charge is 0.230 e. The van der Waals surface area contributed by atoms with Crippen molar-refractivity contribution in [3.8, 4) is 5.75 Å². The van der Waals surface area contributed by atoms with Gasteiger partial charge in [-0.05, 0) is 51.4 Å². The number of fused-ring (bicyclic) bond motifs is 1. The van der Waals surface area contributed by atoms with E-state index in [0.717, 1.165) is 42.9 Å². The molecule has 1 fully saturated rings. The number of benzene rings is 1. The van der Waals surface area contributed by atoms with E-state index in [4.69, 9.17) is 16.3 Å². The molecule has 2 unspecified atom stereocenters. The molecule has 2 N–H and O–H groups in total. The predicted octanol–water partition coefficient (Wildman–Crippen LogP) is 3.44. The summed E-state index contributed by atoms with van der Waals surface area (Å²) in [7, 11) is 3.40. The van der Waals surface area contributed by atoms with Crippen LogP contribution in [0.4, 0.5) is 9.52 Å². The van der Waals surface area contributed by atoms with Crippen molar-refractivity contribution in [2.75, 3.05) is 32.6 Å². The van der Waals surface area contributed by atoms with Gasteiger partial charge in [0.15, 0.2) is 16.7 Å². The van der Waals surface area contributed by atoms with Gasteiger partial charge < -0.3 is 20.3 Å². The maximum Gasteiger partial charge on any atom is 0.230 e. The number of carbonyl (C=O) groups excluding carboxylic acids is 2. The number of halogens is 2. The molecule has 33 heavy (non-hydrogen) atoms. The maximum absolute atomic E-state index is 14.5. The Kier molecular flexibility index (Phi) is 7.51. The maximum atomic E-state index is 14.5. The van der Waals surface area contributed by atoms with E-state index in [0.29, 0.717) is 18.0 Å². The van der Waals surface area contributed by atoms with Gasteiger partial charge in [0.1, 0.15) is 0 Å². The molecule has 2 amide bonds. The number of thiazole rings is 1. The summed E-state index contributed by atoms with van der Waals surface area (Å²) in [5, 5.41) is 6.79. The zero-order valence-electron chi connectivity index (χ0n) is 18.7. The normalized spacial score (nSPS) is 20.7. The Morgan fingerprint density at radius 2 is 2.18 bits per heavy atom. The molecular formula is C23H28ClFN4O3S. The molecule has 0 saturated carbocycles. The van der Waals surface area contributed by atoms with E-state index >= 15 is 0 Å². The first-order valence-electron chi connectivity index (χ1n) is 11.1. The molecule has 0 spiro atoms. The average Bonchev–Trinajstić information content (AvgIpc) is 3.18. The Hall–Kier alpha value is -2.23. The molecule has 0 radical (unpaired) electrons. The van der Waals surface area contributed by atoms with E-state index < -0.39 is 5.82 Å². The van der Waals surface area contributed by atoms with Crippen LogP contribution in [0.15, 0.2) is 12.1 Å². The van der Waals surface area contributed by atoms with E-state index in [1.807, 2.05) is 7.05 Å². The van der Waals surface area contributed by atoms with Crippen molar-refractivity contribution in [2.45, 2.75) is 44.6 Å². The summed E-state index contributed by atoms with van der Waals surface area (Å²) in [6.45, 7) is 1.79. The van der Waals surface area contributed by atoms with Gasteiger partial charge in [0, 0.05) is 34.5 Å². The van der Waals surface area contributed by atoms with E-state index in [2.05, 4.69) is 20.5 Å². The Morgan fingerprint density at radius 3 is 2.94 bits per heavy atom. The van der Waals surface area contributed by atoms with Crippen molar-refractivity contribution in [2.24, 2.45) is 5.92 Å². The number of nitrogens with zero attached hydrogens (tertiary/aromatic N) is 2. The van der Waals surface area contributed by atoms with Crippen LogP contribution in [0.5, 0.6) is 5.75 Å². The number of hydrogen-bond donors (Lipinski definition) is 2. The second kappa shape index (κ2) is 10.4. The number of carbonyl (C=O) groups is 2. The minimum atomic E-state index is -0.613. The van der Waals surface area contributed by atoms with Crippen molar-refractivity contribution < 1.29 is 18.7 Å². The van der Waals surface area contributed by atoms with Crippen LogP contribution < -0.4 is 15.4 Å². The summed E-state index contributed by atoms with van der Waals surface area (Å²) in [4.78, 5) is 33.1. The molecule has 1 aromatic carbocycles. The third-order valence-corrected chi connectivity index (χ3v) is 7.63. The molecule has 10 heteroatoms. The molecule has 2 heterocycles. The zero-order valence-corrected chi connectivity index (χ0v) is 20.3. The first-order valence-corrected chi connectivity index (χ1v) is 12.3. The van der Waals surface area contributed by atoms with Gasteiger partial charge in [0.2, 0.25) is 11.8 Å². The Bertz CT molecular complexity index is 1050. The lowest BCUT2D eigenvalue weighted by Gasteiger charge is -2.28. The monoisotopic (exact) mass is 494 g/mol. The van der Waals surface area contributed by atoms with Gasteiger partial charge in [0.05, 0.1) is 25.1 Å². The highest BCUT2D eigenvalue weighted by Crippen LogP contribution is 2.31. The highest BCUT2D eigenvalue weighted by atomic mass is 35.5. The number of anilines is 1. The Balaban J connectivity index is 1.34. The van der Waals surface area contributed by atoms with Gasteiger partial charge in [-0.3, -0.25) is 9.59 Å². The van der Waals surface area contributed by atoms with E-state index in [1.54, 1.807) is 0 Å². The van der Waals surface area contributed by atoms with Crippen LogP contribution >= 0.6 is 22.9 Å². The highest BCUT2D eigenvalue weighted by molar-refractivity contribution is 7.15. The molecule has 2 aromatic rings. The number of aryl methyl sites for hydroxylation is 1. The summed E-state index contributed by atoms with van der Waals surface area (Å²) in [5.74, 6) is -0.839. The largest absolute Gasteiger partial charge is 0.494 e. The van der Waals surface area contributed by atoms with Crippen LogP contribution in [0.2, 0.25) is 5.02 Å². The fraction of sp³-hybridized carbons (Fsp3) is 0.522. The lowest BCUT2D eigenvalue weighted by Crippen LogP contribution is -2.39. The summed E-state index contributed by atoms with van der Waals surface area (Å²) >= 11 is 7.57. The fourth-order valence-corrected chi connectivity index (χ4v) is 5.78. The molecule has 1 aliphatic carbocycles. The number of rotatable bonds is 6. The van der Waals surface area contributed by atoms with Crippen LogP contribution in [0.25, 0.3) is 0 Å². The number of ether oxygens (including phenoxy) is 1. The molecule has 1 saturated heterocycles. The molecule has 4 rings (SSSR count). The molecule has 2 atom stereocenters. The molecule has 1 aliphatic heterocycles. The molecule has 2 aliphatic rings.